The highest BCUT2D eigenvalue weighted by molar-refractivity contribution is 7.09. The fourth-order valence-electron chi connectivity index (χ4n) is 2.23. The van der Waals surface area contributed by atoms with E-state index in [9.17, 15) is 0 Å². The Balaban J connectivity index is 1.87. The van der Waals surface area contributed by atoms with Crippen molar-refractivity contribution in [3.63, 3.8) is 0 Å². The maximum absolute atomic E-state index is 4.60. The number of aromatic amines is 1. The van der Waals surface area contributed by atoms with Gasteiger partial charge >= 0.3 is 0 Å². The molecule has 3 aromatic heterocycles. The maximum Gasteiger partial charge on any atom is 0.249 e. The Bertz CT molecular complexity index is 975. The number of hydrogen-bond donors (Lipinski definition) is 1. The molecule has 4 aromatic rings. The van der Waals surface area contributed by atoms with E-state index in [0.29, 0.717) is 11.0 Å². The number of H-pyrrole nitrogens is 1. The first-order chi connectivity index (χ1) is 10.2. The second-order valence-electron chi connectivity index (χ2n) is 4.67. The molecule has 1 N–H and O–H groups in total. The topological polar surface area (TPSA) is 83.6 Å². The average Bonchev–Trinajstić information content (AvgIpc) is 3.11. The number of nitrogens with one attached hydrogen (secondary N) is 1. The number of hydrogen-bond acceptors (Lipinski definition) is 6. The normalized spacial score (nSPS) is 12.1. The number of azo groups is 1. The molecule has 0 radical (unpaired) electrons. The van der Waals surface area contributed by atoms with Gasteiger partial charge in [-0.25, -0.2) is 14.5 Å². The van der Waals surface area contributed by atoms with E-state index in [4.69, 9.17) is 0 Å². The summed E-state index contributed by atoms with van der Waals surface area (Å²) in [7, 11) is 0. The van der Waals surface area contributed by atoms with Crippen molar-refractivity contribution in [3.8, 4) is 0 Å². The van der Waals surface area contributed by atoms with Gasteiger partial charge in [0.1, 0.15) is 5.82 Å². The first-order valence-corrected chi connectivity index (χ1v) is 7.17. The summed E-state index contributed by atoms with van der Waals surface area (Å²) >= 11 is 1.23. The van der Waals surface area contributed by atoms with Gasteiger partial charge in [0.2, 0.25) is 5.13 Å². The molecule has 104 valence electrons. The molecule has 3 heterocycles. The molecule has 0 bridgehead atoms. The van der Waals surface area contributed by atoms with E-state index in [1.165, 1.54) is 11.5 Å². The number of rotatable bonds is 2. The molecule has 0 amide bonds. The van der Waals surface area contributed by atoms with Gasteiger partial charge in [0.15, 0.2) is 11.3 Å². The van der Waals surface area contributed by atoms with Crippen LogP contribution in [0.25, 0.3) is 16.7 Å². The SMILES string of the molecule is Cc1nsc(N=Nc2c(C)[nH]n3c2nc2ccccc23)n1. The van der Waals surface area contributed by atoms with Crippen LogP contribution in [0.2, 0.25) is 0 Å². The van der Waals surface area contributed by atoms with Crippen LogP contribution in [0.4, 0.5) is 10.8 Å². The van der Waals surface area contributed by atoms with Crippen LogP contribution in [0.1, 0.15) is 11.5 Å². The Morgan fingerprint density at radius 2 is 2.00 bits per heavy atom. The van der Waals surface area contributed by atoms with E-state index >= 15 is 0 Å². The minimum Gasteiger partial charge on any atom is -0.294 e. The summed E-state index contributed by atoms with van der Waals surface area (Å²) in [6.45, 7) is 3.78. The summed E-state index contributed by atoms with van der Waals surface area (Å²) in [5.74, 6) is 0.705. The highest BCUT2D eigenvalue weighted by atomic mass is 32.1. The second-order valence-corrected chi connectivity index (χ2v) is 5.40. The highest BCUT2D eigenvalue weighted by Gasteiger charge is 2.13. The number of para-hydroxylation sites is 2. The molecule has 8 heteroatoms. The van der Waals surface area contributed by atoms with Gasteiger partial charge in [-0.05, 0) is 26.0 Å². The van der Waals surface area contributed by atoms with Crippen LogP contribution in [-0.2, 0) is 0 Å². The van der Waals surface area contributed by atoms with Crippen LogP contribution in [0.3, 0.4) is 0 Å². The number of aromatic nitrogens is 5. The van der Waals surface area contributed by atoms with Gasteiger partial charge in [0, 0.05) is 11.5 Å². The van der Waals surface area contributed by atoms with Crippen molar-refractivity contribution >= 4 is 39.0 Å². The lowest BCUT2D eigenvalue weighted by Gasteiger charge is -1.89. The van der Waals surface area contributed by atoms with Gasteiger partial charge in [-0.2, -0.15) is 4.37 Å². The summed E-state index contributed by atoms with van der Waals surface area (Å²) in [6.07, 6.45) is 0. The zero-order valence-electron chi connectivity index (χ0n) is 11.4. The van der Waals surface area contributed by atoms with Crippen molar-refractivity contribution in [2.75, 3.05) is 0 Å². The summed E-state index contributed by atoms with van der Waals surface area (Å²) in [5, 5.41) is 12.2. The minimum absolute atomic E-state index is 0.544. The Hall–Kier alpha value is -2.61. The van der Waals surface area contributed by atoms with Gasteiger partial charge in [0.25, 0.3) is 0 Å². The number of imidazole rings is 1. The minimum atomic E-state index is 0.544. The fourth-order valence-corrected chi connectivity index (χ4v) is 2.73. The first-order valence-electron chi connectivity index (χ1n) is 6.40. The molecular weight excluding hydrogens is 286 g/mol. The molecule has 0 spiro atoms. The van der Waals surface area contributed by atoms with E-state index in [0.717, 1.165) is 28.1 Å². The summed E-state index contributed by atoms with van der Waals surface area (Å²) in [6, 6.07) is 7.94. The molecule has 0 atom stereocenters. The molecule has 21 heavy (non-hydrogen) atoms. The van der Waals surface area contributed by atoms with Crippen LogP contribution in [0.15, 0.2) is 34.5 Å². The summed E-state index contributed by atoms with van der Waals surface area (Å²) in [4.78, 5) is 8.77. The number of fused-ring (bicyclic) bond motifs is 3. The zero-order chi connectivity index (χ0) is 14.4. The molecule has 7 nitrogen and oxygen atoms in total. The van der Waals surface area contributed by atoms with Gasteiger partial charge < -0.3 is 0 Å². The molecule has 0 saturated heterocycles. The number of nitrogens with zero attached hydrogens (tertiary/aromatic N) is 6. The summed E-state index contributed by atoms with van der Waals surface area (Å²) < 4.78 is 6.01. The molecule has 0 unspecified atom stereocenters. The quantitative estimate of drug-likeness (QED) is 0.572. The molecule has 0 fully saturated rings. The van der Waals surface area contributed by atoms with Gasteiger partial charge in [-0.15, -0.1) is 10.2 Å². The lowest BCUT2D eigenvalue weighted by Crippen LogP contribution is -1.82. The third kappa shape index (κ3) is 1.91. The largest absolute Gasteiger partial charge is 0.294 e. The maximum atomic E-state index is 4.60. The van der Waals surface area contributed by atoms with Crippen LogP contribution in [0, 0.1) is 13.8 Å². The van der Waals surface area contributed by atoms with E-state index < -0.39 is 0 Å². The van der Waals surface area contributed by atoms with Crippen LogP contribution in [-0.4, -0.2) is 24.0 Å². The second kappa shape index (κ2) is 4.45. The Labute approximate surface area is 123 Å². The molecule has 0 aliphatic heterocycles. The number of aryl methyl sites for hydroxylation is 2. The molecule has 0 aliphatic rings. The molecule has 0 saturated carbocycles. The third-order valence-corrected chi connectivity index (χ3v) is 3.85. The van der Waals surface area contributed by atoms with Crippen molar-refractivity contribution in [2.24, 2.45) is 10.2 Å². The van der Waals surface area contributed by atoms with E-state index in [1.807, 2.05) is 42.6 Å². The zero-order valence-corrected chi connectivity index (χ0v) is 12.2. The fraction of sp³-hybridized carbons (Fsp3) is 0.154. The van der Waals surface area contributed by atoms with Crippen molar-refractivity contribution in [3.05, 3.63) is 35.8 Å². The first kappa shape index (κ1) is 12.2. The van der Waals surface area contributed by atoms with E-state index in [2.05, 4.69) is 29.7 Å². The molecule has 1 aromatic carbocycles. The predicted molar refractivity (Wildman–Crippen MR) is 80.6 cm³/mol. The molecular formula is C13H11N7S. The van der Waals surface area contributed by atoms with E-state index in [-0.39, 0.29) is 0 Å². The van der Waals surface area contributed by atoms with Crippen LogP contribution in [0.5, 0.6) is 0 Å². The third-order valence-electron chi connectivity index (χ3n) is 3.16. The Morgan fingerprint density at radius 3 is 2.81 bits per heavy atom. The van der Waals surface area contributed by atoms with E-state index in [1.54, 1.807) is 0 Å². The predicted octanol–water partition coefficient (Wildman–Crippen LogP) is 3.70. The lowest BCUT2D eigenvalue weighted by atomic mass is 10.3. The highest BCUT2D eigenvalue weighted by Crippen LogP contribution is 2.29. The van der Waals surface area contributed by atoms with Crippen molar-refractivity contribution in [2.45, 2.75) is 13.8 Å². The van der Waals surface area contributed by atoms with Gasteiger partial charge in [-0.3, -0.25) is 5.10 Å². The van der Waals surface area contributed by atoms with Crippen LogP contribution < -0.4 is 0 Å². The standard InChI is InChI=1S/C13H11N7S/c1-7-11(16-17-13-14-8(2)19-21-13)12-15-9-5-3-4-6-10(9)20(12)18-7/h3-6,18H,1-2H3. The molecule has 4 rings (SSSR count). The van der Waals surface area contributed by atoms with Gasteiger partial charge in [-0.1, -0.05) is 12.1 Å². The number of benzene rings is 1. The average molecular weight is 297 g/mol. The van der Waals surface area contributed by atoms with Crippen LogP contribution >= 0.6 is 11.5 Å². The van der Waals surface area contributed by atoms with Crippen molar-refractivity contribution < 1.29 is 0 Å². The van der Waals surface area contributed by atoms with Crippen molar-refractivity contribution in [1.82, 2.24) is 24.0 Å². The van der Waals surface area contributed by atoms with Crippen molar-refractivity contribution in [1.29, 1.82) is 0 Å². The van der Waals surface area contributed by atoms with Gasteiger partial charge in [0.05, 0.1) is 16.7 Å². The summed E-state index contributed by atoms with van der Waals surface area (Å²) in [5.41, 5.74) is 4.33. The smallest absolute Gasteiger partial charge is 0.249 e. The Kier molecular flexibility index (Phi) is 2.58. The molecule has 0 aliphatic carbocycles. The monoisotopic (exact) mass is 297 g/mol. The Morgan fingerprint density at radius 1 is 1.14 bits per heavy atom. The lowest BCUT2D eigenvalue weighted by molar-refractivity contribution is 0.974.